The Balaban J connectivity index is 2.63. The summed E-state index contributed by atoms with van der Waals surface area (Å²) in [6.45, 7) is 5.45. The van der Waals surface area contributed by atoms with E-state index in [9.17, 15) is 9.59 Å². The molecule has 0 saturated carbocycles. The number of thioether (sulfide) groups is 1. The minimum Gasteiger partial charge on any atom is -0.480 e. The molecule has 1 rings (SSSR count). The van der Waals surface area contributed by atoms with Crippen LogP contribution in [-0.2, 0) is 9.59 Å². The Morgan fingerprint density at radius 2 is 2.00 bits per heavy atom. The molecule has 0 bridgehead atoms. The van der Waals surface area contributed by atoms with Gasteiger partial charge in [0.05, 0.1) is 5.25 Å². The highest BCUT2D eigenvalue weighted by Crippen LogP contribution is 2.22. The number of carboxylic acid groups (broad SMARTS) is 1. The van der Waals surface area contributed by atoms with Crippen LogP contribution in [0.15, 0.2) is 24.3 Å². The monoisotopic (exact) mass is 281 g/mol. The van der Waals surface area contributed by atoms with Crippen molar-refractivity contribution in [3.63, 3.8) is 0 Å². The Bertz CT molecular complexity index is 462. The van der Waals surface area contributed by atoms with E-state index >= 15 is 0 Å². The minimum atomic E-state index is -0.872. The summed E-state index contributed by atoms with van der Waals surface area (Å²) >= 11 is 1.17. The molecule has 0 aliphatic heterocycles. The van der Waals surface area contributed by atoms with Gasteiger partial charge >= 0.3 is 5.97 Å². The lowest BCUT2D eigenvalue weighted by atomic mass is 10.2. The number of benzene rings is 1. The topological polar surface area (TPSA) is 66.4 Å². The van der Waals surface area contributed by atoms with Gasteiger partial charge < -0.3 is 10.4 Å². The molecule has 0 aliphatic carbocycles. The lowest BCUT2D eigenvalue weighted by Gasteiger charge is -2.16. The second-order valence-electron chi connectivity index (χ2n) is 4.32. The van der Waals surface area contributed by atoms with Gasteiger partial charge in [-0.15, -0.1) is 11.8 Å². The van der Waals surface area contributed by atoms with Crippen molar-refractivity contribution in [1.82, 2.24) is 0 Å². The summed E-state index contributed by atoms with van der Waals surface area (Å²) < 4.78 is 0. The predicted octanol–water partition coefficient (Wildman–Crippen LogP) is 2.92. The average molecular weight is 281 g/mol. The van der Waals surface area contributed by atoms with Crippen LogP contribution in [0, 0.1) is 6.92 Å². The van der Waals surface area contributed by atoms with Gasteiger partial charge in [0, 0.05) is 5.69 Å². The maximum atomic E-state index is 12.0. The number of aryl methyl sites for hydroxylation is 1. The summed E-state index contributed by atoms with van der Waals surface area (Å²) in [6.07, 6.45) is 0.502. The van der Waals surface area contributed by atoms with Gasteiger partial charge in [-0.3, -0.25) is 9.59 Å². The number of anilines is 1. The van der Waals surface area contributed by atoms with E-state index in [1.54, 1.807) is 13.8 Å². The number of amides is 1. The molecule has 0 aliphatic rings. The van der Waals surface area contributed by atoms with Crippen LogP contribution in [0.1, 0.15) is 25.8 Å². The minimum absolute atomic E-state index is 0.168. The summed E-state index contributed by atoms with van der Waals surface area (Å²) in [5.41, 5.74) is 1.75. The van der Waals surface area contributed by atoms with Crippen molar-refractivity contribution in [1.29, 1.82) is 0 Å². The van der Waals surface area contributed by atoms with E-state index < -0.39 is 16.5 Å². The highest BCUT2D eigenvalue weighted by atomic mass is 32.2. The zero-order chi connectivity index (χ0) is 14.4. The zero-order valence-corrected chi connectivity index (χ0v) is 12.2. The van der Waals surface area contributed by atoms with Crippen molar-refractivity contribution >= 4 is 29.3 Å². The standard InChI is InChI=1S/C14H19NO3S/c1-4-12(14(17)18)19-10(3)13(16)15-11-8-6-5-7-9(11)2/h5-8,10,12H,4H2,1-3H3,(H,15,16)(H,17,18). The smallest absolute Gasteiger partial charge is 0.316 e. The maximum absolute atomic E-state index is 12.0. The van der Waals surface area contributed by atoms with Crippen LogP contribution in [0.3, 0.4) is 0 Å². The molecule has 0 saturated heterocycles. The molecule has 104 valence electrons. The van der Waals surface area contributed by atoms with Crippen LogP contribution in [0.4, 0.5) is 5.69 Å². The Morgan fingerprint density at radius 3 is 2.53 bits per heavy atom. The lowest BCUT2D eigenvalue weighted by molar-refractivity contribution is -0.136. The second-order valence-corrected chi connectivity index (χ2v) is 5.87. The van der Waals surface area contributed by atoms with E-state index in [1.165, 1.54) is 11.8 Å². The Labute approximate surface area is 117 Å². The van der Waals surface area contributed by atoms with Gasteiger partial charge in [0.25, 0.3) is 0 Å². The molecule has 0 fully saturated rings. The zero-order valence-electron chi connectivity index (χ0n) is 11.3. The summed E-state index contributed by atoms with van der Waals surface area (Å²) in [4.78, 5) is 23.0. The Morgan fingerprint density at radius 1 is 1.37 bits per heavy atom. The quantitative estimate of drug-likeness (QED) is 0.841. The van der Waals surface area contributed by atoms with Crippen LogP contribution in [-0.4, -0.2) is 27.5 Å². The lowest BCUT2D eigenvalue weighted by Crippen LogP contribution is -2.27. The third-order valence-corrected chi connectivity index (χ3v) is 4.27. The van der Waals surface area contributed by atoms with Crippen molar-refractivity contribution in [2.75, 3.05) is 5.32 Å². The van der Waals surface area contributed by atoms with Crippen molar-refractivity contribution < 1.29 is 14.7 Å². The first-order valence-corrected chi connectivity index (χ1v) is 7.14. The average Bonchev–Trinajstić information content (AvgIpc) is 2.37. The number of hydrogen-bond acceptors (Lipinski definition) is 3. The SMILES string of the molecule is CCC(SC(C)C(=O)Nc1ccccc1C)C(=O)O. The molecule has 19 heavy (non-hydrogen) atoms. The maximum Gasteiger partial charge on any atom is 0.316 e. The number of nitrogens with one attached hydrogen (secondary N) is 1. The normalized spacial score (nSPS) is 13.6. The molecule has 0 aromatic heterocycles. The molecule has 1 aromatic rings. The van der Waals surface area contributed by atoms with Crippen LogP contribution in [0.2, 0.25) is 0 Å². The molecule has 4 nitrogen and oxygen atoms in total. The van der Waals surface area contributed by atoms with Crippen LogP contribution in [0.25, 0.3) is 0 Å². The molecular weight excluding hydrogens is 262 g/mol. The van der Waals surface area contributed by atoms with Gasteiger partial charge in [0.2, 0.25) is 5.91 Å². The molecule has 2 atom stereocenters. The fourth-order valence-electron chi connectivity index (χ4n) is 1.58. The highest BCUT2D eigenvalue weighted by Gasteiger charge is 2.23. The molecule has 2 N–H and O–H groups in total. The van der Waals surface area contributed by atoms with E-state index in [-0.39, 0.29) is 5.91 Å². The van der Waals surface area contributed by atoms with Crippen LogP contribution < -0.4 is 5.32 Å². The third kappa shape index (κ3) is 4.59. The second kappa shape index (κ2) is 7.19. The summed E-state index contributed by atoms with van der Waals surface area (Å²) in [5, 5.41) is 10.9. The summed E-state index contributed by atoms with van der Waals surface area (Å²) in [6, 6.07) is 7.51. The van der Waals surface area contributed by atoms with E-state index in [1.807, 2.05) is 31.2 Å². The number of carbonyl (C=O) groups is 2. The number of para-hydroxylation sites is 1. The molecule has 0 radical (unpaired) electrons. The van der Waals surface area contributed by atoms with E-state index in [4.69, 9.17) is 5.11 Å². The fraction of sp³-hybridized carbons (Fsp3) is 0.429. The van der Waals surface area contributed by atoms with Gasteiger partial charge in [-0.25, -0.2) is 0 Å². The molecule has 1 aromatic carbocycles. The first-order chi connectivity index (χ1) is 8.95. The van der Waals surface area contributed by atoms with E-state index in [0.29, 0.717) is 6.42 Å². The van der Waals surface area contributed by atoms with E-state index in [2.05, 4.69) is 5.32 Å². The summed E-state index contributed by atoms with van der Waals surface area (Å²) in [5.74, 6) is -1.04. The molecule has 0 heterocycles. The Kier molecular flexibility index (Phi) is 5.89. The fourth-order valence-corrected chi connectivity index (χ4v) is 2.57. The molecule has 1 amide bonds. The van der Waals surface area contributed by atoms with Gasteiger partial charge in [0.15, 0.2) is 0 Å². The van der Waals surface area contributed by atoms with Gasteiger partial charge in [-0.1, -0.05) is 25.1 Å². The van der Waals surface area contributed by atoms with Crippen LogP contribution >= 0.6 is 11.8 Å². The van der Waals surface area contributed by atoms with Crippen molar-refractivity contribution in [3.05, 3.63) is 29.8 Å². The van der Waals surface area contributed by atoms with Crippen molar-refractivity contribution in [2.45, 2.75) is 37.7 Å². The van der Waals surface area contributed by atoms with Crippen molar-refractivity contribution in [3.8, 4) is 0 Å². The van der Waals surface area contributed by atoms with Gasteiger partial charge in [-0.2, -0.15) is 0 Å². The molecule has 0 spiro atoms. The first kappa shape index (κ1) is 15.6. The highest BCUT2D eigenvalue weighted by molar-refractivity contribution is 8.01. The number of carbonyl (C=O) groups excluding carboxylic acids is 1. The van der Waals surface area contributed by atoms with Crippen molar-refractivity contribution in [2.24, 2.45) is 0 Å². The van der Waals surface area contributed by atoms with Crippen LogP contribution in [0.5, 0.6) is 0 Å². The number of hydrogen-bond donors (Lipinski definition) is 2. The first-order valence-electron chi connectivity index (χ1n) is 6.20. The van der Waals surface area contributed by atoms with Gasteiger partial charge in [0.1, 0.15) is 5.25 Å². The van der Waals surface area contributed by atoms with Gasteiger partial charge in [-0.05, 0) is 31.9 Å². The summed E-state index contributed by atoms with van der Waals surface area (Å²) in [7, 11) is 0. The van der Waals surface area contributed by atoms with E-state index in [0.717, 1.165) is 11.3 Å². The predicted molar refractivity (Wildman–Crippen MR) is 78.6 cm³/mol. The number of rotatable bonds is 6. The number of aliphatic carboxylic acids is 1. The molecule has 2 unspecified atom stereocenters. The largest absolute Gasteiger partial charge is 0.480 e. The number of carboxylic acids is 1. The molecular formula is C14H19NO3S. The third-order valence-electron chi connectivity index (χ3n) is 2.79. The molecule has 5 heteroatoms. The Hall–Kier alpha value is -1.49.